The number of carbonyl (C=O) groups is 1. The van der Waals surface area contributed by atoms with Crippen molar-refractivity contribution in [1.29, 1.82) is 0 Å². The second kappa shape index (κ2) is 4.97. The fourth-order valence-corrected chi connectivity index (χ4v) is 1.08. The maximum absolute atomic E-state index is 11.4. The lowest BCUT2D eigenvalue weighted by atomic mass is 9.86. The Balaban J connectivity index is 3.92. The first-order valence-electron chi connectivity index (χ1n) is 5.42. The van der Waals surface area contributed by atoms with E-state index in [1.165, 1.54) is 0 Å². The van der Waals surface area contributed by atoms with Crippen molar-refractivity contribution >= 4 is 5.97 Å². The Labute approximate surface area is 92.8 Å². The van der Waals surface area contributed by atoms with Gasteiger partial charge in [-0.2, -0.15) is 0 Å². The summed E-state index contributed by atoms with van der Waals surface area (Å²) < 4.78 is 5.15. The lowest BCUT2D eigenvalue weighted by Crippen LogP contribution is -2.28. The largest absolute Gasteiger partial charge is 0.460 e. The van der Waals surface area contributed by atoms with Gasteiger partial charge in [0.15, 0.2) is 0 Å². The Hall–Kier alpha value is -0.570. The zero-order valence-electron chi connectivity index (χ0n) is 10.8. The molecule has 90 valence electrons. The molecule has 1 unspecified atom stereocenters. The third kappa shape index (κ3) is 7.37. The van der Waals surface area contributed by atoms with E-state index in [-0.39, 0.29) is 17.8 Å². The van der Waals surface area contributed by atoms with Gasteiger partial charge in [-0.05, 0) is 32.6 Å². The van der Waals surface area contributed by atoms with Crippen LogP contribution in [0.1, 0.15) is 54.4 Å². The fraction of sp³-hybridized carbons (Fsp3) is 0.917. The van der Waals surface area contributed by atoms with E-state index in [1.54, 1.807) is 0 Å². The second-order valence-corrected chi connectivity index (χ2v) is 6.01. The molecule has 0 saturated heterocycles. The number of ether oxygens (including phenoxy) is 1. The average Bonchev–Trinajstić information content (AvgIpc) is 1.94. The zero-order chi connectivity index (χ0) is 12.3. The highest BCUT2D eigenvalue weighted by Gasteiger charge is 2.24. The van der Waals surface area contributed by atoms with Crippen LogP contribution < -0.4 is 0 Å². The minimum Gasteiger partial charge on any atom is -0.460 e. The van der Waals surface area contributed by atoms with Gasteiger partial charge >= 0.3 is 5.97 Å². The summed E-state index contributed by atoms with van der Waals surface area (Å²) >= 11 is 0. The predicted molar refractivity (Wildman–Crippen MR) is 60.5 cm³/mol. The normalized spacial score (nSPS) is 14.9. The summed E-state index contributed by atoms with van der Waals surface area (Å²) in [6, 6.07) is 0. The summed E-state index contributed by atoms with van der Waals surface area (Å²) in [4.78, 5) is 11.4. The van der Waals surface area contributed by atoms with Crippen molar-refractivity contribution in [3.63, 3.8) is 0 Å². The molecule has 0 bridgehead atoms. The third-order valence-electron chi connectivity index (χ3n) is 2.04. The molecule has 0 radical (unpaired) electrons. The van der Waals surface area contributed by atoms with Crippen LogP contribution in [0.5, 0.6) is 0 Å². The topological polar surface area (TPSA) is 46.5 Å². The molecule has 1 N–H and O–H groups in total. The van der Waals surface area contributed by atoms with E-state index >= 15 is 0 Å². The number of aliphatic hydroxyl groups excluding tert-OH is 1. The van der Waals surface area contributed by atoms with Crippen molar-refractivity contribution in [3.8, 4) is 0 Å². The van der Waals surface area contributed by atoms with Gasteiger partial charge in [0.1, 0.15) is 5.60 Å². The van der Waals surface area contributed by atoms with Crippen LogP contribution in [0.2, 0.25) is 0 Å². The van der Waals surface area contributed by atoms with Gasteiger partial charge in [-0.25, -0.2) is 0 Å². The van der Waals surface area contributed by atoms with Crippen molar-refractivity contribution in [3.05, 3.63) is 0 Å². The number of hydrogen-bond acceptors (Lipinski definition) is 3. The maximum atomic E-state index is 11.4. The number of aliphatic hydroxyl groups is 1. The summed E-state index contributed by atoms with van der Waals surface area (Å²) in [5.74, 6) is -0.245. The Kier molecular flexibility index (Phi) is 4.78. The summed E-state index contributed by atoms with van der Waals surface area (Å²) in [5.41, 5.74) is -0.619. The fourth-order valence-electron chi connectivity index (χ4n) is 1.08. The predicted octanol–water partition coefficient (Wildman–Crippen LogP) is 2.52. The van der Waals surface area contributed by atoms with Crippen LogP contribution in [-0.4, -0.2) is 22.8 Å². The van der Waals surface area contributed by atoms with E-state index in [1.807, 2.05) is 41.5 Å². The molecule has 0 aliphatic rings. The van der Waals surface area contributed by atoms with E-state index in [9.17, 15) is 9.90 Å². The number of rotatable bonds is 3. The first kappa shape index (κ1) is 14.4. The third-order valence-corrected chi connectivity index (χ3v) is 2.04. The molecule has 3 heteroatoms. The molecular weight excluding hydrogens is 192 g/mol. The van der Waals surface area contributed by atoms with Gasteiger partial charge in [-0.15, -0.1) is 0 Å². The zero-order valence-corrected chi connectivity index (χ0v) is 10.8. The first-order chi connectivity index (χ1) is 6.52. The van der Waals surface area contributed by atoms with Gasteiger partial charge in [0.25, 0.3) is 0 Å². The number of carbonyl (C=O) groups excluding carboxylic acids is 1. The van der Waals surface area contributed by atoms with Gasteiger partial charge in [-0.1, -0.05) is 20.8 Å². The van der Waals surface area contributed by atoms with Crippen LogP contribution >= 0.6 is 0 Å². The number of esters is 1. The van der Waals surface area contributed by atoms with Gasteiger partial charge in [-0.3, -0.25) is 4.79 Å². The molecule has 0 saturated carbocycles. The quantitative estimate of drug-likeness (QED) is 0.737. The van der Waals surface area contributed by atoms with Gasteiger partial charge in [0.2, 0.25) is 0 Å². The van der Waals surface area contributed by atoms with Crippen molar-refractivity contribution in [2.75, 3.05) is 0 Å². The SMILES string of the molecule is CC(C)(C)OC(=O)CCC(O)C(C)(C)C. The van der Waals surface area contributed by atoms with Crippen molar-refractivity contribution in [1.82, 2.24) is 0 Å². The Morgan fingerprint density at radius 2 is 1.67 bits per heavy atom. The summed E-state index contributed by atoms with van der Waals surface area (Å²) in [7, 11) is 0. The van der Waals surface area contributed by atoms with Gasteiger partial charge in [0, 0.05) is 6.42 Å². The highest BCUT2D eigenvalue weighted by molar-refractivity contribution is 5.69. The van der Waals surface area contributed by atoms with Crippen LogP contribution in [0.25, 0.3) is 0 Å². The molecular formula is C12H24O3. The van der Waals surface area contributed by atoms with Crippen molar-refractivity contribution < 1.29 is 14.6 Å². The molecule has 3 nitrogen and oxygen atoms in total. The summed E-state index contributed by atoms with van der Waals surface area (Å²) in [6.07, 6.45) is 0.263. The van der Waals surface area contributed by atoms with Crippen LogP contribution in [0.15, 0.2) is 0 Å². The second-order valence-electron chi connectivity index (χ2n) is 6.01. The molecule has 0 aliphatic heterocycles. The molecule has 15 heavy (non-hydrogen) atoms. The molecule has 0 aromatic rings. The van der Waals surface area contributed by atoms with E-state index in [0.29, 0.717) is 6.42 Å². The van der Waals surface area contributed by atoms with Gasteiger partial charge in [0.05, 0.1) is 6.10 Å². The summed E-state index contributed by atoms with van der Waals surface area (Å²) in [5, 5.41) is 9.73. The molecule has 0 spiro atoms. The molecule has 1 atom stereocenters. The molecule has 0 fully saturated rings. The standard InChI is InChI=1S/C12H24O3/c1-11(2,3)9(13)7-8-10(14)15-12(4,5)6/h9,13H,7-8H2,1-6H3. The van der Waals surface area contributed by atoms with Crippen molar-refractivity contribution in [2.45, 2.75) is 66.1 Å². The lowest BCUT2D eigenvalue weighted by molar-refractivity contribution is -0.155. The van der Waals surface area contributed by atoms with E-state index in [0.717, 1.165) is 0 Å². The van der Waals surface area contributed by atoms with Crippen LogP contribution in [0, 0.1) is 5.41 Å². The van der Waals surface area contributed by atoms with Crippen LogP contribution in [0.4, 0.5) is 0 Å². The van der Waals surface area contributed by atoms with Gasteiger partial charge < -0.3 is 9.84 Å². The smallest absolute Gasteiger partial charge is 0.306 e. The Bertz CT molecular complexity index is 208. The summed E-state index contributed by atoms with van der Waals surface area (Å²) in [6.45, 7) is 11.4. The van der Waals surface area contributed by atoms with E-state index < -0.39 is 11.7 Å². The molecule has 0 aromatic carbocycles. The lowest BCUT2D eigenvalue weighted by Gasteiger charge is -2.26. The average molecular weight is 216 g/mol. The molecule has 0 rings (SSSR count). The maximum Gasteiger partial charge on any atom is 0.306 e. The molecule has 0 amide bonds. The highest BCUT2D eigenvalue weighted by Crippen LogP contribution is 2.23. The minimum absolute atomic E-state index is 0.179. The minimum atomic E-state index is -0.468. The highest BCUT2D eigenvalue weighted by atomic mass is 16.6. The molecule has 0 aliphatic carbocycles. The molecule has 0 heterocycles. The van der Waals surface area contributed by atoms with E-state index in [4.69, 9.17) is 4.74 Å². The Morgan fingerprint density at radius 1 is 1.20 bits per heavy atom. The van der Waals surface area contributed by atoms with Crippen LogP contribution in [-0.2, 0) is 9.53 Å². The first-order valence-corrected chi connectivity index (χ1v) is 5.42. The number of hydrogen-bond donors (Lipinski definition) is 1. The Morgan fingerprint density at radius 3 is 2.00 bits per heavy atom. The van der Waals surface area contributed by atoms with Crippen LogP contribution in [0.3, 0.4) is 0 Å². The van der Waals surface area contributed by atoms with Crippen molar-refractivity contribution in [2.24, 2.45) is 5.41 Å². The van der Waals surface area contributed by atoms with E-state index in [2.05, 4.69) is 0 Å². The monoisotopic (exact) mass is 216 g/mol. The molecule has 0 aromatic heterocycles.